The molecule has 4 rings (SSSR count). The van der Waals surface area contributed by atoms with Crippen LogP contribution < -0.4 is 10.0 Å². The SMILES string of the molecule is CCNS(=O)(=O)c1ccc(CCC(=O)N(Cc2ccccc2)[C@@H](C(=O)NCc2ccc(Cl)cc2Cl)c2ccccc2)cc1. The third-order valence-electron chi connectivity index (χ3n) is 6.86. The lowest BCUT2D eigenvalue weighted by atomic mass is 10.0. The van der Waals surface area contributed by atoms with Gasteiger partial charge in [-0.1, -0.05) is 109 Å². The first-order valence-electron chi connectivity index (χ1n) is 13.9. The molecule has 0 saturated carbocycles. The molecular weight excluding hydrogens is 605 g/mol. The van der Waals surface area contributed by atoms with Crippen molar-refractivity contribution in [1.82, 2.24) is 14.9 Å². The molecular formula is C33H33Cl2N3O4S. The van der Waals surface area contributed by atoms with E-state index in [4.69, 9.17) is 23.2 Å². The number of benzene rings is 4. The first-order chi connectivity index (χ1) is 20.7. The molecule has 0 heterocycles. The van der Waals surface area contributed by atoms with E-state index in [0.717, 1.165) is 11.1 Å². The quantitative estimate of drug-likeness (QED) is 0.180. The van der Waals surface area contributed by atoms with Gasteiger partial charge in [0.15, 0.2) is 0 Å². The maximum absolute atomic E-state index is 13.9. The van der Waals surface area contributed by atoms with Gasteiger partial charge >= 0.3 is 0 Å². The molecule has 1 atom stereocenters. The summed E-state index contributed by atoms with van der Waals surface area (Å²) in [5.41, 5.74) is 3.06. The van der Waals surface area contributed by atoms with Gasteiger partial charge < -0.3 is 10.2 Å². The largest absolute Gasteiger partial charge is 0.350 e. The Kier molecular flexibility index (Phi) is 11.4. The van der Waals surface area contributed by atoms with Crippen molar-refractivity contribution >= 4 is 45.0 Å². The molecule has 0 aliphatic carbocycles. The molecule has 2 amide bonds. The van der Waals surface area contributed by atoms with Gasteiger partial charge in [-0.3, -0.25) is 9.59 Å². The van der Waals surface area contributed by atoms with Crippen LogP contribution in [-0.2, 0) is 39.1 Å². The fourth-order valence-corrected chi connectivity index (χ4v) is 6.18. The van der Waals surface area contributed by atoms with Crippen LogP contribution in [-0.4, -0.2) is 31.7 Å². The molecule has 0 radical (unpaired) electrons. The predicted octanol–water partition coefficient (Wildman–Crippen LogP) is 6.31. The minimum atomic E-state index is -3.57. The Morgan fingerprint density at radius 1 is 0.837 bits per heavy atom. The summed E-state index contributed by atoms with van der Waals surface area (Å²) >= 11 is 12.4. The van der Waals surface area contributed by atoms with Crippen LogP contribution >= 0.6 is 23.2 Å². The number of hydrogen-bond donors (Lipinski definition) is 2. The Balaban J connectivity index is 1.59. The molecule has 10 heteroatoms. The van der Waals surface area contributed by atoms with E-state index in [1.807, 2.05) is 60.7 Å². The van der Waals surface area contributed by atoms with E-state index in [0.29, 0.717) is 34.1 Å². The summed E-state index contributed by atoms with van der Waals surface area (Å²) in [5, 5.41) is 3.89. The van der Waals surface area contributed by atoms with Gasteiger partial charge in [-0.15, -0.1) is 0 Å². The molecule has 7 nitrogen and oxygen atoms in total. The van der Waals surface area contributed by atoms with E-state index >= 15 is 0 Å². The molecule has 43 heavy (non-hydrogen) atoms. The standard InChI is InChI=1S/C33H33Cl2N3O4S/c1-2-37-43(41,42)29-18-13-24(14-19-29)15-20-31(39)38(23-25-9-5-3-6-10-25)32(26-11-7-4-8-12-26)33(40)36-22-27-16-17-28(34)21-30(27)35/h3-14,16-19,21,32,37H,2,15,20,22-23H2,1H3,(H,36,40)/t32-/m1/s1. The Morgan fingerprint density at radius 2 is 1.49 bits per heavy atom. The first kappa shape index (κ1) is 32.2. The normalized spacial score (nSPS) is 12.0. The highest BCUT2D eigenvalue weighted by atomic mass is 35.5. The maximum Gasteiger partial charge on any atom is 0.247 e. The van der Waals surface area contributed by atoms with Crippen molar-refractivity contribution in [2.75, 3.05) is 6.54 Å². The summed E-state index contributed by atoms with van der Waals surface area (Å²) in [5.74, 6) is -0.568. The van der Waals surface area contributed by atoms with Gasteiger partial charge in [0.2, 0.25) is 21.8 Å². The molecule has 0 aliphatic heterocycles. The van der Waals surface area contributed by atoms with Gasteiger partial charge in [-0.2, -0.15) is 0 Å². The zero-order chi connectivity index (χ0) is 30.8. The second kappa shape index (κ2) is 15.2. The van der Waals surface area contributed by atoms with Crippen molar-refractivity contribution < 1.29 is 18.0 Å². The maximum atomic E-state index is 13.9. The summed E-state index contributed by atoms with van der Waals surface area (Å²) in [4.78, 5) is 29.5. The molecule has 2 N–H and O–H groups in total. The van der Waals surface area contributed by atoms with Crippen LogP contribution in [0.25, 0.3) is 0 Å². The van der Waals surface area contributed by atoms with Crippen molar-refractivity contribution in [3.63, 3.8) is 0 Å². The number of rotatable bonds is 13. The van der Waals surface area contributed by atoms with E-state index in [2.05, 4.69) is 10.0 Å². The fourth-order valence-electron chi connectivity index (χ4n) is 4.66. The highest BCUT2D eigenvalue weighted by Crippen LogP contribution is 2.26. The van der Waals surface area contributed by atoms with Crippen molar-refractivity contribution in [3.05, 3.63) is 135 Å². The van der Waals surface area contributed by atoms with Crippen molar-refractivity contribution in [1.29, 1.82) is 0 Å². The van der Waals surface area contributed by atoms with Crippen LogP contribution in [0, 0.1) is 0 Å². The first-order valence-corrected chi connectivity index (χ1v) is 16.1. The van der Waals surface area contributed by atoms with Crippen molar-refractivity contribution in [3.8, 4) is 0 Å². The molecule has 0 saturated heterocycles. The molecule has 4 aromatic rings. The Morgan fingerprint density at radius 3 is 2.12 bits per heavy atom. The minimum Gasteiger partial charge on any atom is -0.350 e. The van der Waals surface area contributed by atoms with E-state index in [1.54, 1.807) is 42.2 Å². The monoisotopic (exact) mass is 637 g/mol. The summed E-state index contributed by atoms with van der Waals surface area (Å²) in [6.07, 6.45) is 0.487. The number of amides is 2. The van der Waals surface area contributed by atoms with Gasteiger partial charge in [-0.05, 0) is 52.9 Å². The van der Waals surface area contributed by atoms with E-state index < -0.39 is 16.1 Å². The number of halogens is 2. The van der Waals surface area contributed by atoms with Gasteiger partial charge in [0, 0.05) is 36.1 Å². The van der Waals surface area contributed by atoms with Crippen molar-refractivity contribution in [2.24, 2.45) is 0 Å². The van der Waals surface area contributed by atoms with Crippen LogP contribution in [0.5, 0.6) is 0 Å². The molecule has 4 aromatic carbocycles. The zero-order valence-corrected chi connectivity index (χ0v) is 26.0. The van der Waals surface area contributed by atoms with Gasteiger partial charge in [0.05, 0.1) is 4.90 Å². The number of sulfonamides is 1. The number of carbonyl (C=O) groups excluding carboxylic acids is 2. The molecule has 0 aliphatic rings. The highest BCUT2D eigenvalue weighted by Gasteiger charge is 2.31. The van der Waals surface area contributed by atoms with E-state index in [1.165, 1.54) is 12.1 Å². The van der Waals surface area contributed by atoms with Crippen LogP contribution in [0.3, 0.4) is 0 Å². The molecule has 0 fully saturated rings. The van der Waals surface area contributed by atoms with Gasteiger partial charge in [-0.25, -0.2) is 13.1 Å². The fraction of sp³-hybridized carbons (Fsp3) is 0.212. The lowest BCUT2D eigenvalue weighted by Crippen LogP contribution is -2.43. The third-order valence-corrected chi connectivity index (χ3v) is 9.00. The van der Waals surface area contributed by atoms with E-state index in [-0.39, 0.29) is 36.2 Å². The third kappa shape index (κ3) is 8.91. The number of aryl methyl sites for hydroxylation is 1. The molecule has 0 unspecified atom stereocenters. The van der Waals surface area contributed by atoms with Crippen LogP contribution in [0.15, 0.2) is 108 Å². The minimum absolute atomic E-state index is 0.117. The highest BCUT2D eigenvalue weighted by molar-refractivity contribution is 7.89. The smallest absolute Gasteiger partial charge is 0.247 e. The van der Waals surface area contributed by atoms with Crippen LogP contribution in [0.4, 0.5) is 0 Å². The number of hydrogen-bond acceptors (Lipinski definition) is 4. The number of nitrogens with zero attached hydrogens (tertiary/aromatic N) is 1. The second-order valence-electron chi connectivity index (χ2n) is 9.92. The van der Waals surface area contributed by atoms with Crippen LogP contribution in [0.2, 0.25) is 10.0 Å². The zero-order valence-electron chi connectivity index (χ0n) is 23.7. The van der Waals surface area contributed by atoms with Gasteiger partial charge in [0.1, 0.15) is 6.04 Å². The Labute approximate surface area is 262 Å². The average molecular weight is 639 g/mol. The van der Waals surface area contributed by atoms with Crippen LogP contribution in [0.1, 0.15) is 41.6 Å². The summed E-state index contributed by atoms with van der Waals surface area (Å²) < 4.78 is 27.1. The molecule has 0 spiro atoms. The average Bonchev–Trinajstić information content (AvgIpc) is 3.00. The molecule has 0 bridgehead atoms. The van der Waals surface area contributed by atoms with E-state index in [9.17, 15) is 18.0 Å². The van der Waals surface area contributed by atoms with Gasteiger partial charge in [0.25, 0.3) is 0 Å². The number of nitrogens with one attached hydrogen (secondary N) is 2. The predicted molar refractivity (Wildman–Crippen MR) is 170 cm³/mol. The summed E-state index contributed by atoms with van der Waals surface area (Å²) in [6, 6.07) is 29.3. The summed E-state index contributed by atoms with van der Waals surface area (Å²) in [6.45, 7) is 2.38. The molecule has 224 valence electrons. The lowest BCUT2D eigenvalue weighted by molar-refractivity contribution is -0.141. The lowest BCUT2D eigenvalue weighted by Gasteiger charge is -2.32. The topological polar surface area (TPSA) is 95.6 Å². The summed E-state index contributed by atoms with van der Waals surface area (Å²) in [7, 11) is -3.57. The second-order valence-corrected chi connectivity index (χ2v) is 12.5. The van der Waals surface area contributed by atoms with Crippen molar-refractivity contribution in [2.45, 2.75) is 43.8 Å². The number of carbonyl (C=O) groups is 2. The Hall–Kier alpha value is -3.69. The molecule has 0 aromatic heterocycles. The Bertz CT molecular complexity index is 1630.